The van der Waals surface area contributed by atoms with Gasteiger partial charge in [0.1, 0.15) is 29.2 Å². The van der Waals surface area contributed by atoms with Crippen LogP contribution in [0.25, 0.3) is 10.9 Å². The van der Waals surface area contributed by atoms with E-state index in [1.807, 2.05) is 11.0 Å². The van der Waals surface area contributed by atoms with Crippen molar-refractivity contribution in [1.29, 1.82) is 5.26 Å². The van der Waals surface area contributed by atoms with Crippen LogP contribution >= 0.6 is 0 Å². The summed E-state index contributed by atoms with van der Waals surface area (Å²) >= 11 is 0. The molecule has 3 fully saturated rings. The molecule has 168 valence electrons. The molecular weight excluding hydrogens is 418 g/mol. The fourth-order valence-electron chi connectivity index (χ4n) is 5.38. The summed E-state index contributed by atoms with van der Waals surface area (Å²) in [5.74, 6) is -1.88. The number of pyridine rings is 1. The number of aromatic carboxylic acids is 1. The molecule has 1 aromatic heterocycles. The smallest absolute Gasteiger partial charge is 0.341 e. The van der Waals surface area contributed by atoms with Crippen LogP contribution in [-0.2, 0) is 0 Å². The highest BCUT2D eigenvalue weighted by atomic mass is 19.1. The fourth-order valence-corrected chi connectivity index (χ4v) is 5.38. The van der Waals surface area contributed by atoms with E-state index in [9.17, 15) is 24.3 Å². The Hall–Kier alpha value is -2.99. The maximum absolute atomic E-state index is 15.4. The molecule has 0 bridgehead atoms. The lowest BCUT2D eigenvalue weighted by Crippen LogP contribution is -2.40. The number of benzene rings is 1. The molecule has 1 aliphatic heterocycles. The molecular formula is C23H24F2N4O3. The summed E-state index contributed by atoms with van der Waals surface area (Å²) in [5, 5.41) is 22.8. The highest BCUT2D eigenvalue weighted by Gasteiger charge is 2.51. The van der Waals surface area contributed by atoms with Crippen molar-refractivity contribution < 1.29 is 18.7 Å². The van der Waals surface area contributed by atoms with Crippen molar-refractivity contribution in [3.63, 3.8) is 0 Å². The molecule has 9 heteroatoms. The summed E-state index contributed by atoms with van der Waals surface area (Å²) in [7, 11) is 0. The van der Waals surface area contributed by atoms with E-state index in [0.29, 0.717) is 19.0 Å². The first-order valence-corrected chi connectivity index (χ1v) is 11.0. The van der Waals surface area contributed by atoms with Gasteiger partial charge in [-0.15, -0.1) is 0 Å². The summed E-state index contributed by atoms with van der Waals surface area (Å²) in [5.41, 5.74) is -1.18. The average Bonchev–Trinajstić information content (AvgIpc) is 3.64. The van der Waals surface area contributed by atoms with Crippen LogP contribution in [0.15, 0.2) is 17.1 Å². The number of nitrogens with one attached hydrogen (secondary N) is 1. The summed E-state index contributed by atoms with van der Waals surface area (Å²) in [4.78, 5) is 26.2. The molecule has 1 aromatic carbocycles. The molecule has 0 amide bonds. The van der Waals surface area contributed by atoms with Crippen molar-refractivity contribution in [2.75, 3.05) is 24.5 Å². The van der Waals surface area contributed by atoms with Crippen molar-refractivity contribution in [2.24, 2.45) is 5.92 Å². The molecule has 32 heavy (non-hydrogen) atoms. The second-order valence-electron chi connectivity index (χ2n) is 9.11. The first-order chi connectivity index (χ1) is 15.3. The van der Waals surface area contributed by atoms with E-state index in [1.165, 1.54) is 4.57 Å². The Morgan fingerprint density at radius 3 is 2.72 bits per heavy atom. The molecule has 2 aromatic rings. The van der Waals surface area contributed by atoms with Crippen LogP contribution in [0.4, 0.5) is 14.5 Å². The molecule has 2 heterocycles. The minimum atomic E-state index is -1.47. The monoisotopic (exact) mass is 442 g/mol. The van der Waals surface area contributed by atoms with Gasteiger partial charge in [0.05, 0.1) is 22.6 Å². The number of nitriles is 1. The minimum Gasteiger partial charge on any atom is -0.477 e. The molecule has 2 saturated carbocycles. The van der Waals surface area contributed by atoms with Gasteiger partial charge in [-0.2, -0.15) is 5.26 Å². The topological polar surface area (TPSA) is 98.4 Å². The third-order valence-corrected chi connectivity index (χ3v) is 7.23. The molecule has 5 rings (SSSR count). The van der Waals surface area contributed by atoms with E-state index in [-0.39, 0.29) is 34.1 Å². The van der Waals surface area contributed by atoms with Gasteiger partial charge in [-0.1, -0.05) is 6.92 Å². The largest absolute Gasteiger partial charge is 0.477 e. The second kappa shape index (κ2) is 7.27. The number of carboxylic acid groups (broad SMARTS) is 1. The van der Waals surface area contributed by atoms with Crippen molar-refractivity contribution in [3.05, 3.63) is 39.4 Å². The van der Waals surface area contributed by atoms with Crippen molar-refractivity contribution in [2.45, 2.75) is 50.4 Å². The number of anilines is 1. The van der Waals surface area contributed by atoms with Gasteiger partial charge in [0, 0.05) is 31.2 Å². The fraction of sp³-hybridized carbons (Fsp3) is 0.522. The van der Waals surface area contributed by atoms with Gasteiger partial charge < -0.3 is 19.9 Å². The van der Waals surface area contributed by atoms with Crippen molar-refractivity contribution in [3.8, 4) is 6.07 Å². The van der Waals surface area contributed by atoms with Crippen LogP contribution in [-0.4, -0.2) is 47.0 Å². The SMILES string of the molecule is CCNC1([C@@H]2CCN(c3c(F)cc4c(=O)c(C(=O)O)cn([C@@H]5C[C@H]5F)c4c3C#N)C2)CC1. The van der Waals surface area contributed by atoms with E-state index in [2.05, 4.69) is 12.2 Å². The summed E-state index contributed by atoms with van der Waals surface area (Å²) in [6.45, 7) is 4.07. The van der Waals surface area contributed by atoms with Gasteiger partial charge in [-0.25, -0.2) is 13.6 Å². The Labute approximate surface area is 183 Å². The predicted octanol–water partition coefficient (Wildman–Crippen LogP) is 2.96. The molecule has 7 nitrogen and oxygen atoms in total. The Balaban J connectivity index is 1.66. The zero-order valence-electron chi connectivity index (χ0n) is 17.7. The van der Waals surface area contributed by atoms with Gasteiger partial charge in [-0.3, -0.25) is 4.79 Å². The number of hydrogen-bond donors (Lipinski definition) is 2. The number of carboxylic acids is 1. The molecule has 0 unspecified atom stereocenters. The number of alkyl halides is 1. The van der Waals surface area contributed by atoms with E-state index >= 15 is 4.39 Å². The number of hydrogen-bond acceptors (Lipinski definition) is 5. The number of rotatable bonds is 6. The number of fused-ring (bicyclic) bond motifs is 1. The molecule has 0 spiro atoms. The highest BCUT2D eigenvalue weighted by Crippen LogP contribution is 2.48. The van der Waals surface area contributed by atoms with Gasteiger partial charge in [0.25, 0.3) is 0 Å². The van der Waals surface area contributed by atoms with E-state index < -0.39 is 35.0 Å². The zero-order valence-corrected chi connectivity index (χ0v) is 17.7. The Morgan fingerprint density at radius 2 is 2.16 bits per heavy atom. The Kier molecular flexibility index (Phi) is 4.75. The van der Waals surface area contributed by atoms with Crippen molar-refractivity contribution >= 4 is 22.6 Å². The van der Waals surface area contributed by atoms with Crippen molar-refractivity contribution in [1.82, 2.24) is 9.88 Å². The van der Waals surface area contributed by atoms with Crippen LogP contribution in [0.2, 0.25) is 0 Å². The third kappa shape index (κ3) is 3.08. The number of aromatic nitrogens is 1. The van der Waals surface area contributed by atoms with Crippen LogP contribution < -0.4 is 15.6 Å². The normalized spacial score (nSPS) is 25.7. The van der Waals surface area contributed by atoms with Gasteiger partial charge in [-0.05, 0) is 37.8 Å². The predicted molar refractivity (Wildman–Crippen MR) is 114 cm³/mol. The third-order valence-electron chi connectivity index (χ3n) is 7.23. The standard InChI is InChI=1S/C23H24F2N4O3/c1-2-27-23(4-5-23)12-3-6-28(10-12)20-14(9-26)19-13(7-17(20)25)21(30)15(22(31)32)11-29(19)18-8-16(18)24/h7,11-12,16,18,27H,2-6,8,10H2,1H3,(H,31,32)/t12-,16-,18-/m1/s1. The second-order valence-corrected chi connectivity index (χ2v) is 9.11. The minimum absolute atomic E-state index is 0.0397. The lowest BCUT2D eigenvalue weighted by atomic mass is 9.96. The quantitative estimate of drug-likeness (QED) is 0.714. The van der Waals surface area contributed by atoms with Gasteiger partial charge >= 0.3 is 5.97 Å². The van der Waals surface area contributed by atoms with Crippen LogP contribution in [0.3, 0.4) is 0 Å². The first-order valence-electron chi connectivity index (χ1n) is 11.0. The molecule has 3 aliphatic rings. The maximum atomic E-state index is 15.4. The lowest BCUT2D eigenvalue weighted by molar-refractivity contribution is 0.0694. The molecule has 0 radical (unpaired) electrons. The lowest BCUT2D eigenvalue weighted by Gasteiger charge is -2.26. The summed E-state index contributed by atoms with van der Waals surface area (Å²) in [6.07, 6.45) is 3.05. The molecule has 1 saturated heterocycles. The maximum Gasteiger partial charge on any atom is 0.341 e. The van der Waals surface area contributed by atoms with Crippen LogP contribution in [0.1, 0.15) is 54.6 Å². The molecule has 2 N–H and O–H groups in total. The molecule has 3 atom stereocenters. The van der Waals surface area contributed by atoms with Crippen LogP contribution in [0.5, 0.6) is 0 Å². The summed E-state index contributed by atoms with van der Waals surface area (Å²) in [6, 6.07) is 2.38. The summed E-state index contributed by atoms with van der Waals surface area (Å²) < 4.78 is 30.7. The first kappa shape index (κ1) is 20.9. The Morgan fingerprint density at radius 1 is 1.44 bits per heavy atom. The van der Waals surface area contributed by atoms with E-state index in [4.69, 9.17) is 0 Å². The Bertz CT molecular complexity index is 1230. The van der Waals surface area contributed by atoms with E-state index in [0.717, 1.165) is 38.1 Å². The number of nitrogens with zero attached hydrogens (tertiary/aromatic N) is 3. The van der Waals surface area contributed by atoms with Gasteiger partial charge in [0.2, 0.25) is 5.43 Å². The average molecular weight is 442 g/mol. The van der Waals surface area contributed by atoms with Crippen LogP contribution in [0, 0.1) is 23.1 Å². The zero-order chi connectivity index (χ0) is 22.8. The number of carbonyl (C=O) groups is 1. The molecule has 2 aliphatic carbocycles. The highest BCUT2D eigenvalue weighted by molar-refractivity contribution is 5.96. The van der Waals surface area contributed by atoms with E-state index in [1.54, 1.807) is 0 Å². The number of halogens is 2. The van der Waals surface area contributed by atoms with Gasteiger partial charge in [0.15, 0.2) is 0 Å².